The number of ether oxygens (including phenoxy) is 2. The Morgan fingerprint density at radius 2 is 2.00 bits per heavy atom. The molecule has 1 heterocycles. The van der Waals surface area contributed by atoms with E-state index in [0.717, 1.165) is 12.8 Å². The molecule has 1 saturated carbocycles. The predicted octanol–water partition coefficient (Wildman–Crippen LogP) is 1.33. The van der Waals surface area contributed by atoms with Crippen LogP contribution in [0.3, 0.4) is 0 Å². The maximum Gasteiger partial charge on any atom is 0.309 e. The Morgan fingerprint density at radius 1 is 1.35 bits per heavy atom. The Kier molecular flexibility index (Phi) is 3.46. The lowest BCUT2D eigenvalue weighted by atomic mass is 9.61. The smallest absolute Gasteiger partial charge is 0.309 e. The number of rotatable bonds is 2. The van der Waals surface area contributed by atoms with E-state index in [1.54, 1.807) is 0 Å². The number of hydrogen-bond acceptors (Lipinski definition) is 4. The largest absolute Gasteiger partial charge is 0.457 e. The van der Waals surface area contributed by atoms with Crippen LogP contribution < -0.4 is 5.73 Å². The van der Waals surface area contributed by atoms with Gasteiger partial charge in [0.15, 0.2) is 0 Å². The third-order valence-electron chi connectivity index (χ3n) is 4.68. The minimum absolute atomic E-state index is 0.0239. The van der Waals surface area contributed by atoms with Gasteiger partial charge in [0.05, 0.1) is 19.1 Å². The Morgan fingerprint density at radius 3 is 2.53 bits per heavy atom. The van der Waals surface area contributed by atoms with Gasteiger partial charge in [-0.05, 0) is 24.2 Å². The van der Waals surface area contributed by atoms with E-state index in [1.165, 1.54) is 0 Å². The number of nitrogens with two attached hydrogens (primary N) is 1. The zero-order chi connectivity index (χ0) is 12.6. The standard InChI is InChI=1S/C13H23NO3/c1-8-11(14)5-4-10(13(8,2)3)12(15)17-9-6-16-7-9/h8-11H,4-7,14H2,1-3H3. The molecule has 3 atom stereocenters. The topological polar surface area (TPSA) is 61.6 Å². The molecule has 0 aromatic rings. The molecule has 0 amide bonds. The van der Waals surface area contributed by atoms with Crippen LogP contribution in [0.4, 0.5) is 0 Å². The van der Waals surface area contributed by atoms with Crippen molar-refractivity contribution in [3.8, 4) is 0 Å². The molecule has 17 heavy (non-hydrogen) atoms. The van der Waals surface area contributed by atoms with Gasteiger partial charge in [0.25, 0.3) is 0 Å². The second kappa shape index (κ2) is 4.58. The first kappa shape index (κ1) is 12.8. The lowest BCUT2D eigenvalue weighted by Gasteiger charge is -2.46. The molecule has 0 aromatic heterocycles. The highest BCUT2D eigenvalue weighted by molar-refractivity contribution is 5.74. The molecule has 98 valence electrons. The average Bonchev–Trinajstić information content (AvgIpc) is 2.20. The van der Waals surface area contributed by atoms with Crippen LogP contribution in [0.2, 0.25) is 0 Å². The maximum absolute atomic E-state index is 12.2. The van der Waals surface area contributed by atoms with Crippen LogP contribution in [0.15, 0.2) is 0 Å². The number of carbonyl (C=O) groups is 1. The van der Waals surface area contributed by atoms with Crippen LogP contribution in [0, 0.1) is 17.3 Å². The summed E-state index contributed by atoms with van der Waals surface area (Å²) >= 11 is 0. The van der Waals surface area contributed by atoms with E-state index >= 15 is 0 Å². The number of carbonyl (C=O) groups excluding carboxylic acids is 1. The average molecular weight is 241 g/mol. The molecular formula is C13H23NO3. The van der Waals surface area contributed by atoms with Crippen molar-refractivity contribution in [2.75, 3.05) is 13.2 Å². The normalized spacial score (nSPS) is 37.3. The summed E-state index contributed by atoms with van der Waals surface area (Å²) in [5, 5.41) is 0. The van der Waals surface area contributed by atoms with E-state index in [0.29, 0.717) is 19.1 Å². The van der Waals surface area contributed by atoms with Crippen molar-refractivity contribution in [3.05, 3.63) is 0 Å². The van der Waals surface area contributed by atoms with Gasteiger partial charge in [-0.25, -0.2) is 0 Å². The van der Waals surface area contributed by atoms with Gasteiger partial charge >= 0.3 is 5.97 Å². The second-order valence-corrected chi connectivity index (χ2v) is 6.00. The van der Waals surface area contributed by atoms with Crippen molar-refractivity contribution in [1.29, 1.82) is 0 Å². The minimum Gasteiger partial charge on any atom is -0.457 e. The summed E-state index contributed by atoms with van der Waals surface area (Å²) in [7, 11) is 0. The molecule has 0 spiro atoms. The summed E-state index contributed by atoms with van der Waals surface area (Å²) in [6.07, 6.45) is 1.72. The Hall–Kier alpha value is -0.610. The van der Waals surface area contributed by atoms with Crippen molar-refractivity contribution in [2.45, 2.75) is 45.8 Å². The number of hydrogen-bond donors (Lipinski definition) is 1. The van der Waals surface area contributed by atoms with Crippen molar-refractivity contribution >= 4 is 5.97 Å². The molecule has 0 radical (unpaired) electrons. The van der Waals surface area contributed by atoms with Gasteiger partial charge in [-0.3, -0.25) is 4.79 Å². The quantitative estimate of drug-likeness (QED) is 0.741. The Labute approximate surface area is 103 Å². The third-order valence-corrected chi connectivity index (χ3v) is 4.68. The third kappa shape index (κ3) is 2.33. The lowest BCUT2D eigenvalue weighted by Crippen LogP contribution is -2.51. The van der Waals surface area contributed by atoms with Gasteiger partial charge < -0.3 is 15.2 Å². The summed E-state index contributed by atoms with van der Waals surface area (Å²) < 4.78 is 10.5. The maximum atomic E-state index is 12.2. The van der Waals surface area contributed by atoms with Crippen LogP contribution in [-0.4, -0.2) is 31.3 Å². The lowest BCUT2D eigenvalue weighted by molar-refractivity contribution is -0.183. The highest BCUT2D eigenvalue weighted by Gasteiger charge is 2.46. The van der Waals surface area contributed by atoms with Crippen molar-refractivity contribution < 1.29 is 14.3 Å². The van der Waals surface area contributed by atoms with E-state index in [4.69, 9.17) is 15.2 Å². The zero-order valence-electron chi connectivity index (χ0n) is 10.9. The summed E-state index contributed by atoms with van der Waals surface area (Å²) in [4.78, 5) is 12.2. The summed E-state index contributed by atoms with van der Waals surface area (Å²) in [5.74, 6) is 0.242. The van der Waals surface area contributed by atoms with Crippen LogP contribution in [0.25, 0.3) is 0 Å². The molecule has 1 aliphatic carbocycles. The molecule has 2 fully saturated rings. The molecule has 4 heteroatoms. The van der Waals surface area contributed by atoms with Gasteiger partial charge in [0, 0.05) is 6.04 Å². The van der Waals surface area contributed by atoms with Gasteiger partial charge in [-0.15, -0.1) is 0 Å². The molecular weight excluding hydrogens is 218 g/mol. The van der Waals surface area contributed by atoms with Gasteiger partial charge in [-0.2, -0.15) is 0 Å². The van der Waals surface area contributed by atoms with Gasteiger partial charge in [0.1, 0.15) is 6.10 Å². The van der Waals surface area contributed by atoms with Crippen LogP contribution in [-0.2, 0) is 14.3 Å². The molecule has 0 aromatic carbocycles. The van der Waals surface area contributed by atoms with E-state index < -0.39 is 0 Å². The molecule has 2 N–H and O–H groups in total. The molecule has 2 aliphatic rings. The summed E-state index contributed by atoms with van der Waals surface area (Å²) in [6.45, 7) is 7.48. The minimum atomic E-state index is -0.0840. The first-order valence-corrected chi connectivity index (χ1v) is 6.46. The summed E-state index contributed by atoms with van der Waals surface area (Å²) in [5.41, 5.74) is 6.00. The van der Waals surface area contributed by atoms with Crippen molar-refractivity contribution in [1.82, 2.24) is 0 Å². The SMILES string of the molecule is CC1C(N)CCC(C(=O)OC2COC2)C1(C)C. The molecule has 3 unspecified atom stereocenters. The van der Waals surface area contributed by atoms with Gasteiger partial charge in [0.2, 0.25) is 0 Å². The first-order valence-electron chi connectivity index (χ1n) is 6.46. The van der Waals surface area contributed by atoms with Crippen molar-refractivity contribution in [3.63, 3.8) is 0 Å². The second-order valence-electron chi connectivity index (χ2n) is 6.00. The number of esters is 1. The molecule has 1 aliphatic heterocycles. The fraction of sp³-hybridized carbons (Fsp3) is 0.923. The molecule has 0 bridgehead atoms. The monoisotopic (exact) mass is 241 g/mol. The van der Waals surface area contributed by atoms with Crippen LogP contribution >= 0.6 is 0 Å². The fourth-order valence-corrected chi connectivity index (χ4v) is 2.80. The van der Waals surface area contributed by atoms with Crippen LogP contribution in [0.1, 0.15) is 33.6 Å². The Bertz CT molecular complexity index is 299. The molecule has 1 saturated heterocycles. The Balaban J connectivity index is 2.01. The molecule has 2 rings (SSSR count). The highest BCUT2D eigenvalue weighted by Crippen LogP contribution is 2.45. The fourth-order valence-electron chi connectivity index (χ4n) is 2.80. The zero-order valence-corrected chi connectivity index (χ0v) is 10.9. The van der Waals surface area contributed by atoms with Gasteiger partial charge in [-0.1, -0.05) is 20.8 Å². The highest BCUT2D eigenvalue weighted by atomic mass is 16.6. The first-order chi connectivity index (χ1) is 7.93. The van der Waals surface area contributed by atoms with E-state index in [2.05, 4.69) is 20.8 Å². The van der Waals surface area contributed by atoms with Crippen molar-refractivity contribution in [2.24, 2.45) is 23.0 Å². The molecule has 4 nitrogen and oxygen atoms in total. The van der Waals surface area contributed by atoms with E-state index in [-0.39, 0.29) is 29.4 Å². The predicted molar refractivity (Wildman–Crippen MR) is 64.3 cm³/mol. The van der Waals surface area contributed by atoms with E-state index in [1.807, 2.05) is 0 Å². The van der Waals surface area contributed by atoms with Crippen LogP contribution in [0.5, 0.6) is 0 Å². The summed E-state index contributed by atoms with van der Waals surface area (Å²) in [6, 6.07) is 0.195. The van der Waals surface area contributed by atoms with E-state index in [9.17, 15) is 4.79 Å².